The van der Waals surface area contributed by atoms with Crippen LogP contribution in [0.1, 0.15) is 42.6 Å². The molecule has 1 unspecified atom stereocenters. The summed E-state index contributed by atoms with van der Waals surface area (Å²) in [7, 11) is -0.545. The Labute approximate surface area is 216 Å². The van der Waals surface area contributed by atoms with E-state index in [1.807, 2.05) is 37.3 Å². The van der Waals surface area contributed by atoms with Crippen molar-refractivity contribution < 1.29 is 23.1 Å². The quantitative estimate of drug-likeness (QED) is 0.409. The van der Waals surface area contributed by atoms with Crippen LogP contribution >= 0.6 is 0 Å². The number of aromatic nitrogens is 4. The first-order chi connectivity index (χ1) is 17.6. The average molecular weight is 529 g/mol. The summed E-state index contributed by atoms with van der Waals surface area (Å²) < 4.78 is 37.2. The van der Waals surface area contributed by atoms with Crippen molar-refractivity contribution in [3.05, 3.63) is 59.4 Å². The molecule has 1 saturated carbocycles. The predicted octanol–water partition coefficient (Wildman–Crippen LogP) is 2.67. The van der Waals surface area contributed by atoms with Crippen LogP contribution in [0.15, 0.2) is 42.5 Å². The van der Waals surface area contributed by atoms with E-state index in [-0.39, 0.29) is 25.1 Å². The van der Waals surface area contributed by atoms with Crippen LogP contribution < -0.4 is 9.46 Å². The van der Waals surface area contributed by atoms with Crippen LogP contribution in [0.2, 0.25) is 0 Å². The predicted molar refractivity (Wildman–Crippen MR) is 137 cm³/mol. The van der Waals surface area contributed by atoms with E-state index in [2.05, 4.69) is 20.0 Å². The minimum Gasteiger partial charge on any atom is -0.489 e. The molecular weight excluding hydrogens is 496 g/mol. The second-order valence-corrected chi connectivity index (χ2v) is 11.2. The molecule has 1 fully saturated rings. The van der Waals surface area contributed by atoms with E-state index in [0.29, 0.717) is 41.4 Å². The molecule has 0 spiro atoms. The van der Waals surface area contributed by atoms with Gasteiger partial charge in [0.2, 0.25) is 0 Å². The second kappa shape index (κ2) is 11.4. The molecule has 4 rings (SSSR count). The van der Waals surface area contributed by atoms with Crippen LogP contribution in [0, 0.1) is 12.8 Å². The lowest BCUT2D eigenvalue weighted by molar-refractivity contribution is -0.143. The number of benzene rings is 1. The van der Waals surface area contributed by atoms with Gasteiger partial charge in [-0.2, -0.15) is 17.4 Å². The first kappa shape index (κ1) is 26.7. The highest BCUT2D eigenvalue weighted by Gasteiger charge is 2.28. The summed E-state index contributed by atoms with van der Waals surface area (Å²) in [6.45, 7) is 2.04. The van der Waals surface area contributed by atoms with Crippen molar-refractivity contribution in [2.45, 2.75) is 51.8 Å². The van der Waals surface area contributed by atoms with Gasteiger partial charge in [-0.15, -0.1) is 5.10 Å². The van der Waals surface area contributed by atoms with E-state index in [4.69, 9.17) is 4.74 Å². The van der Waals surface area contributed by atoms with E-state index in [0.717, 1.165) is 18.4 Å². The zero-order valence-electron chi connectivity index (χ0n) is 21.2. The molecule has 0 bridgehead atoms. The van der Waals surface area contributed by atoms with Crippen molar-refractivity contribution in [1.82, 2.24) is 29.0 Å². The van der Waals surface area contributed by atoms with Crippen molar-refractivity contribution in [2.75, 3.05) is 7.05 Å². The summed E-state index contributed by atoms with van der Waals surface area (Å²) >= 11 is 0. The first-order valence-electron chi connectivity index (χ1n) is 12.1. The Balaban J connectivity index is 1.45. The van der Waals surface area contributed by atoms with E-state index < -0.39 is 16.2 Å². The number of carboxylic acid groups (broad SMARTS) is 1. The highest BCUT2D eigenvalue weighted by atomic mass is 32.2. The van der Waals surface area contributed by atoms with Crippen LogP contribution in [0.25, 0.3) is 11.4 Å². The monoisotopic (exact) mass is 528 g/mol. The van der Waals surface area contributed by atoms with Crippen molar-refractivity contribution in [2.24, 2.45) is 13.0 Å². The van der Waals surface area contributed by atoms with Crippen LogP contribution in [0.5, 0.6) is 5.75 Å². The minimum atomic E-state index is -3.76. The molecule has 11 nitrogen and oxygen atoms in total. The van der Waals surface area contributed by atoms with Gasteiger partial charge in [-0.3, -0.25) is 9.48 Å². The third-order valence-corrected chi connectivity index (χ3v) is 8.03. The number of hydrogen-bond donors (Lipinski definition) is 2. The topological polar surface area (TPSA) is 140 Å². The Kier molecular flexibility index (Phi) is 8.20. The maximum atomic E-state index is 12.8. The summed E-state index contributed by atoms with van der Waals surface area (Å²) in [6, 6.07) is 12.9. The smallest absolute Gasteiger partial charge is 0.306 e. The van der Waals surface area contributed by atoms with Gasteiger partial charge >= 0.3 is 5.97 Å². The van der Waals surface area contributed by atoms with Crippen LogP contribution in [0.3, 0.4) is 0 Å². The first-order valence-corrected chi connectivity index (χ1v) is 13.6. The molecule has 2 aromatic heterocycles. The summed E-state index contributed by atoms with van der Waals surface area (Å²) in [4.78, 5) is 16.0. The van der Waals surface area contributed by atoms with Crippen molar-refractivity contribution in [1.29, 1.82) is 0 Å². The van der Waals surface area contributed by atoms with Crippen LogP contribution in [-0.4, -0.2) is 56.9 Å². The number of carboxylic acids is 1. The van der Waals surface area contributed by atoms with Gasteiger partial charge < -0.3 is 9.84 Å². The van der Waals surface area contributed by atoms with Gasteiger partial charge in [-0.25, -0.2) is 4.98 Å². The van der Waals surface area contributed by atoms with Gasteiger partial charge in [0, 0.05) is 20.6 Å². The van der Waals surface area contributed by atoms with Gasteiger partial charge in [0.05, 0.1) is 35.6 Å². The van der Waals surface area contributed by atoms with E-state index >= 15 is 0 Å². The molecule has 0 aliphatic heterocycles. The number of hydrogen-bond acceptors (Lipinski definition) is 7. The normalized spacial score (nSPS) is 18.2. The number of ether oxygens (including phenoxy) is 1. The highest BCUT2D eigenvalue weighted by molar-refractivity contribution is 7.87. The standard InChI is InChI=1S/C25H32N6O5S/c1-17-23(36-20-11-7-10-19(14-20)25(32)33)13-12-21(27-17)24-22(31(3)29-28-24)15-26-37(34,35)30(2)16-18-8-5-4-6-9-18/h4-6,8-9,12-13,19-20,26H,7,10-11,14-16H2,1-3H3,(H,32,33)/t19-,20?/m0/s1. The fourth-order valence-corrected chi connectivity index (χ4v) is 5.29. The molecule has 198 valence electrons. The molecule has 3 aromatic rings. The largest absolute Gasteiger partial charge is 0.489 e. The third kappa shape index (κ3) is 6.51. The van der Waals surface area contributed by atoms with Crippen molar-refractivity contribution in [3.63, 3.8) is 0 Å². The number of nitrogens with zero attached hydrogens (tertiary/aromatic N) is 5. The second-order valence-electron chi connectivity index (χ2n) is 9.30. The van der Waals surface area contributed by atoms with Crippen molar-refractivity contribution in [3.8, 4) is 17.1 Å². The number of rotatable bonds is 10. The van der Waals surface area contributed by atoms with Crippen LogP contribution in [-0.2, 0) is 35.1 Å². The zero-order valence-corrected chi connectivity index (χ0v) is 22.0. The SMILES string of the molecule is Cc1nc(-c2nnn(C)c2CNS(=O)(=O)N(C)Cc2ccccc2)ccc1OC1CCC[C@H](C(=O)O)C1. The summed E-state index contributed by atoms with van der Waals surface area (Å²) in [5.41, 5.74) is 3.08. The lowest BCUT2D eigenvalue weighted by atomic mass is 9.87. The summed E-state index contributed by atoms with van der Waals surface area (Å²) in [5, 5.41) is 17.6. The van der Waals surface area contributed by atoms with Gasteiger partial charge in [0.15, 0.2) is 0 Å². The molecule has 12 heteroatoms. The maximum absolute atomic E-state index is 12.8. The molecule has 37 heavy (non-hydrogen) atoms. The molecule has 2 heterocycles. The summed E-state index contributed by atoms with van der Waals surface area (Å²) in [6.07, 6.45) is 2.59. The molecule has 0 radical (unpaired) electrons. The third-order valence-electron chi connectivity index (χ3n) is 6.57. The Hall–Kier alpha value is -3.35. The van der Waals surface area contributed by atoms with Gasteiger partial charge in [-0.05, 0) is 50.3 Å². The van der Waals surface area contributed by atoms with Gasteiger partial charge in [0.25, 0.3) is 10.2 Å². The number of nitrogens with one attached hydrogen (secondary N) is 1. The highest BCUT2D eigenvalue weighted by Crippen LogP contribution is 2.30. The Morgan fingerprint density at radius 1 is 1.22 bits per heavy atom. The lowest BCUT2D eigenvalue weighted by Gasteiger charge is -2.27. The maximum Gasteiger partial charge on any atom is 0.306 e. The molecule has 1 aromatic carbocycles. The molecule has 0 saturated heterocycles. The van der Waals surface area contributed by atoms with Crippen LogP contribution in [0.4, 0.5) is 0 Å². The molecule has 0 amide bonds. The Morgan fingerprint density at radius 3 is 2.68 bits per heavy atom. The fraction of sp³-hybridized carbons (Fsp3) is 0.440. The van der Waals surface area contributed by atoms with E-state index in [1.165, 1.54) is 16.0 Å². The molecule has 1 aliphatic carbocycles. The Bertz CT molecular complexity index is 1340. The number of carbonyl (C=O) groups is 1. The summed E-state index contributed by atoms with van der Waals surface area (Å²) in [5.74, 6) is -0.576. The molecule has 2 atom stereocenters. The van der Waals surface area contributed by atoms with Crippen molar-refractivity contribution >= 4 is 16.2 Å². The number of aliphatic carboxylic acids is 1. The van der Waals surface area contributed by atoms with E-state index in [9.17, 15) is 18.3 Å². The molecular formula is C25H32N6O5S. The average Bonchev–Trinajstić information content (AvgIpc) is 3.25. The van der Waals surface area contributed by atoms with Gasteiger partial charge in [-0.1, -0.05) is 35.5 Å². The molecule has 2 N–H and O–H groups in total. The van der Waals surface area contributed by atoms with E-state index in [1.54, 1.807) is 19.2 Å². The fourth-order valence-electron chi connectivity index (χ4n) is 4.43. The zero-order chi connectivity index (χ0) is 26.6. The molecule has 1 aliphatic rings. The van der Waals surface area contributed by atoms with Gasteiger partial charge in [0.1, 0.15) is 11.4 Å². The minimum absolute atomic E-state index is 0.0159. The lowest BCUT2D eigenvalue weighted by Crippen LogP contribution is -2.37. The Morgan fingerprint density at radius 2 is 1.97 bits per heavy atom. The number of pyridine rings is 1. The number of aryl methyl sites for hydroxylation is 2.